The van der Waals surface area contributed by atoms with Crippen molar-refractivity contribution in [3.63, 3.8) is 0 Å². The van der Waals surface area contributed by atoms with Crippen molar-refractivity contribution in [1.29, 1.82) is 0 Å². The molecule has 0 radical (unpaired) electrons. The highest BCUT2D eigenvalue weighted by atomic mass is 19.4. The number of ether oxygens (including phenoxy) is 3. The molecule has 0 aromatic heterocycles. The second kappa shape index (κ2) is 7.96. The maximum atomic E-state index is 12.9. The van der Waals surface area contributed by atoms with Gasteiger partial charge in [-0.25, -0.2) is 10.8 Å². The van der Waals surface area contributed by atoms with Crippen LogP contribution < -0.4 is 25.8 Å². The van der Waals surface area contributed by atoms with Gasteiger partial charge in [-0.15, -0.1) is 5.12 Å². The molecule has 0 spiro atoms. The smallest absolute Gasteiger partial charge is 0.422 e. The van der Waals surface area contributed by atoms with Gasteiger partial charge in [0.15, 0.2) is 24.3 Å². The van der Waals surface area contributed by atoms with Crippen LogP contribution in [0.1, 0.15) is 22.1 Å². The van der Waals surface area contributed by atoms with Crippen molar-refractivity contribution in [3.8, 4) is 17.2 Å². The van der Waals surface area contributed by atoms with E-state index in [4.69, 9.17) is 21.1 Å². The molecule has 2 aliphatic rings. The van der Waals surface area contributed by atoms with Crippen LogP contribution in [0.5, 0.6) is 17.2 Å². The van der Waals surface area contributed by atoms with E-state index in [-0.39, 0.29) is 17.3 Å². The fourth-order valence-corrected chi connectivity index (χ4v) is 3.10. The Morgan fingerprint density at radius 1 is 1.13 bits per heavy atom. The van der Waals surface area contributed by atoms with E-state index in [2.05, 4.69) is 9.73 Å². The van der Waals surface area contributed by atoms with Gasteiger partial charge in [0.25, 0.3) is 5.91 Å². The molecule has 0 bridgehead atoms. The van der Waals surface area contributed by atoms with Crippen molar-refractivity contribution in [3.05, 3.63) is 53.6 Å². The zero-order valence-corrected chi connectivity index (χ0v) is 16.0. The molecular weight excluding hydrogens is 419 g/mol. The van der Waals surface area contributed by atoms with Crippen LogP contribution in [0.15, 0.2) is 47.5 Å². The fourth-order valence-electron chi connectivity index (χ4n) is 3.10. The van der Waals surface area contributed by atoms with E-state index in [0.29, 0.717) is 30.3 Å². The summed E-state index contributed by atoms with van der Waals surface area (Å²) in [5, 5.41) is 2.05. The molecule has 0 fully saturated rings. The number of nitrogens with two attached hydrogens (primary N) is 2. The number of fused-ring (bicyclic) bond motifs is 1. The van der Waals surface area contributed by atoms with Crippen LogP contribution >= 0.6 is 0 Å². The molecule has 12 heteroatoms. The van der Waals surface area contributed by atoms with Crippen LogP contribution in [-0.4, -0.2) is 48.0 Å². The van der Waals surface area contributed by atoms with Crippen molar-refractivity contribution < 1.29 is 32.2 Å². The number of hydrogen-bond donors (Lipinski definition) is 2. The number of benzene rings is 2. The molecule has 31 heavy (non-hydrogen) atoms. The zero-order chi connectivity index (χ0) is 22.2. The molecule has 0 aliphatic carbocycles. The van der Waals surface area contributed by atoms with Gasteiger partial charge in [0, 0.05) is 5.56 Å². The number of amides is 1. The minimum Gasteiger partial charge on any atom is -0.486 e. The third-order valence-electron chi connectivity index (χ3n) is 4.51. The monoisotopic (exact) mass is 437 g/mol. The first-order valence-corrected chi connectivity index (χ1v) is 9.14. The van der Waals surface area contributed by atoms with Gasteiger partial charge in [0.2, 0.25) is 5.96 Å². The van der Waals surface area contributed by atoms with Crippen molar-refractivity contribution >= 4 is 11.9 Å². The van der Waals surface area contributed by atoms with E-state index in [0.717, 1.165) is 10.1 Å². The number of halogens is 3. The number of guanidine groups is 1. The molecule has 1 atom stereocenters. The van der Waals surface area contributed by atoms with Gasteiger partial charge in [-0.3, -0.25) is 4.79 Å². The predicted molar refractivity (Wildman–Crippen MR) is 102 cm³/mol. The number of nitrogens with zero attached hydrogens (tertiary/aromatic N) is 3. The third kappa shape index (κ3) is 4.34. The molecular formula is C19H18F3N5O4. The molecule has 0 saturated carbocycles. The Kier molecular flexibility index (Phi) is 5.33. The van der Waals surface area contributed by atoms with E-state index in [9.17, 15) is 18.0 Å². The van der Waals surface area contributed by atoms with Gasteiger partial charge in [-0.1, -0.05) is 6.07 Å². The number of rotatable bonds is 4. The normalized spacial score (nSPS) is 18.6. The Labute approximate surface area is 174 Å². The minimum absolute atomic E-state index is 0.0318. The van der Waals surface area contributed by atoms with Crippen LogP contribution in [0.25, 0.3) is 0 Å². The Morgan fingerprint density at radius 2 is 1.81 bits per heavy atom. The topological polar surface area (TPSA) is 116 Å². The summed E-state index contributed by atoms with van der Waals surface area (Å²) in [4.78, 5) is 17.1. The summed E-state index contributed by atoms with van der Waals surface area (Å²) in [5.41, 5.74) is 6.69. The zero-order valence-electron chi connectivity index (χ0n) is 16.0. The lowest BCUT2D eigenvalue weighted by Crippen LogP contribution is -2.52. The summed E-state index contributed by atoms with van der Waals surface area (Å²) < 4.78 is 52.5. The molecule has 0 saturated heterocycles. The van der Waals surface area contributed by atoms with Crippen LogP contribution in [0.3, 0.4) is 0 Å². The van der Waals surface area contributed by atoms with Crippen LogP contribution in [0.4, 0.5) is 13.2 Å². The molecule has 4 rings (SSSR count). The highest BCUT2D eigenvalue weighted by Crippen LogP contribution is 2.36. The Hall–Kier alpha value is -3.51. The summed E-state index contributed by atoms with van der Waals surface area (Å²) in [7, 11) is 0. The molecule has 2 aromatic rings. The summed E-state index contributed by atoms with van der Waals surface area (Å²) in [6.45, 7) is -0.571. The second-order valence-electron chi connectivity index (χ2n) is 6.69. The quantitative estimate of drug-likeness (QED) is 0.703. The average molecular weight is 437 g/mol. The maximum Gasteiger partial charge on any atom is 0.422 e. The molecule has 1 amide bonds. The molecule has 1 unspecified atom stereocenters. The lowest BCUT2D eigenvalue weighted by Gasteiger charge is -2.27. The number of carbonyl (C=O) groups is 1. The van der Waals surface area contributed by atoms with Crippen molar-refractivity contribution in [2.24, 2.45) is 16.6 Å². The number of aliphatic imine (C=N–C) groups is 1. The maximum absolute atomic E-state index is 12.9. The third-order valence-corrected chi connectivity index (χ3v) is 4.51. The largest absolute Gasteiger partial charge is 0.486 e. The number of hydrazine groups is 2. The molecule has 4 N–H and O–H groups in total. The first-order chi connectivity index (χ1) is 14.7. The van der Waals surface area contributed by atoms with Crippen molar-refractivity contribution in [2.75, 3.05) is 19.8 Å². The van der Waals surface area contributed by atoms with E-state index in [1.165, 1.54) is 24.3 Å². The van der Waals surface area contributed by atoms with Crippen molar-refractivity contribution in [2.45, 2.75) is 12.3 Å². The first kappa shape index (κ1) is 20.8. The van der Waals surface area contributed by atoms with Crippen LogP contribution in [-0.2, 0) is 0 Å². The SMILES string of the molecule is NC1=NC(c2ccc3c(c2)OCCO3)N(N)N1C(=O)c1ccc(OCC(F)(F)F)cc1. The highest BCUT2D eigenvalue weighted by Gasteiger charge is 2.37. The van der Waals surface area contributed by atoms with Gasteiger partial charge in [0.1, 0.15) is 19.0 Å². The van der Waals surface area contributed by atoms with E-state index >= 15 is 0 Å². The van der Waals surface area contributed by atoms with Gasteiger partial charge in [-0.2, -0.15) is 18.2 Å². The van der Waals surface area contributed by atoms with Gasteiger partial charge >= 0.3 is 6.18 Å². The number of hydrogen-bond acceptors (Lipinski definition) is 8. The minimum atomic E-state index is -4.46. The molecule has 164 valence electrons. The van der Waals surface area contributed by atoms with Gasteiger partial charge in [-0.05, 0) is 42.0 Å². The second-order valence-corrected chi connectivity index (χ2v) is 6.69. The number of alkyl halides is 3. The van der Waals surface area contributed by atoms with Crippen LogP contribution in [0.2, 0.25) is 0 Å². The average Bonchev–Trinajstić information content (AvgIpc) is 3.05. The lowest BCUT2D eigenvalue weighted by atomic mass is 10.1. The standard InChI is InChI=1S/C19H18F3N5O4/c20-19(21,22)10-31-13-4-1-11(2-5-13)17(28)26-18(23)25-16(27(26)24)12-3-6-14-15(9-12)30-8-7-29-14/h1-6,9,16H,7-8,10,24H2,(H2,23,25). The van der Waals surface area contributed by atoms with Gasteiger partial charge < -0.3 is 19.9 Å². The Morgan fingerprint density at radius 3 is 2.48 bits per heavy atom. The molecule has 2 aromatic carbocycles. The molecule has 2 heterocycles. The first-order valence-electron chi connectivity index (χ1n) is 9.14. The summed E-state index contributed by atoms with van der Waals surface area (Å²) in [6, 6.07) is 10.3. The lowest BCUT2D eigenvalue weighted by molar-refractivity contribution is -0.153. The van der Waals surface area contributed by atoms with E-state index in [1.54, 1.807) is 18.2 Å². The predicted octanol–water partition coefficient (Wildman–Crippen LogP) is 1.96. The van der Waals surface area contributed by atoms with Gasteiger partial charge in [0.05, 0.1) is 0 Å². The number of carbonyl (C=O) groups excluding carboxylic acids is 1. The van der Waals surface area contributed by atoms with Crippen LogP contribution in [0, 0.1) is 0 Å². The Balaban J connectivity index is 1.49. The highest BCUT2D eigenvalue weighted by molar-refractivity contribution is 6.05. The summed E-state index contributed by atoms with van der Waals surface area (Å²) >= 11 is 0. The van der Waals surface area contributed by atoms with E-state index in [1.807, 2.05) is 0 Å². The Bertz CT molecular complexity index is 1010. The van der Waals surface area contributed by atoms with E-state index < -0.39 is 24.9 Å². The molecule has 9 nitrogen and oxygen atoms in total. The fraction of sp³-hybridized carbons (Fsp3) is 0.263. The molecule has 2 aliphatic heterocycles. The summed E-state index contributed by atoms with van der Waals surface area (Å²) in [5.74, 6) is 6.46. The summed E-state index contributed by atoms with van der Waals surface area (Å²) in [6.07, 6.45) is -5.24. The van der Waals surface area contributed by atoms with Crippen molar-refractivity contribution in [1.82, 2.24) is 10.1 Å².